The SMILES string of the molecule is CCCCN(C)C(=O)c1ccc(Nc2cc(OC)c(OC)c(OC)c2)nc1. The predicted octanol–water partition coefficient (Wildman–Crippen LogP) is 3.72. The molecule has 0 fully saturated rings. The quantitative estimate of drug-likeness (QED) is 0.722. The van der Waals surface area contributed by atoms with E-state index in [0.29, 0.717) is 28.6 Å². The number of rotatable bonds is 9. The van der Waals surface area contributed by atoms with Gasteiger partial charge in [0.05, 0.1) is 26.9 Å². The molecule has 0 aliphatic rings. The van der Waals surface area contributed by atoms with Gasteiger partial charge in [0.2, 0.25) is 5.75 Å². The van der Waals surface area contributed by atoms with E-state index in [1.165, 1.54) is 0 Å². The molecule has 0 saturated carbocycles. The van der Waals surface area contributed by atoms with Crippen molar-refractivity contribution in [2.45, 2.75) is 19.8 Å². The molecular weight excluding hydrogens is 346 g/mol. The third-order valence-electron chi connectivity index (χ3n) is 4.14. The number of hydrogen-bond donors (Lipinski definition) is 1. The van der Waals surface area contributed by atoms with Crippen molar-refractivity contribution >= 4 is 17.4 Å². The van der Waals surface area contributed by atoms with Gasteiger partial charge >= 0.3 is 0 Å². The molecule has 1 aromatic carbocycles. The van der Waals surface area contributed by atoms with E-state index in [1.807, 2.05) is 0 Å². The number of aromatic nitrogens is 1. The number of carbonyl (C=O) groups excluding carboxylic acids is 1. The zero-order valence-corrected chi connectivity index (χ0v) is 16.5. The maximum Gasteiger partial charge on any atom is 0.255 e. The summed E-state index contributed by atoms with van der Waals surface area (Å²) in [5, 5.41) is 3.18. The Balaban J connectivity index is 2.16. The fourth-order valence-corrected chi connectivity index (χ4v) is 2.61. The highest BCUT2D eigenvalue weighted by Gasteiger charge is 2.14. The molecule has 0 atom stereocenters. The highest BCUT2D eigenvalue weighted by molar-refractivity contribution is 5.94. The zero-order chi connectivity index (χ0) is 19.8. The molecule has 1 aromatic heterocycles. The van der Waals surface area contributed by atoms with Gasteiger partial charge in [0.15, 0.2) is 11.5 Å². The van der Waals surface area contributed by atoms with Crippen molar-refractivity contribution in [3.63, 3.8) is 0 Å². The molecule has 0 spiro atoms. The lowest BCUT2D eigenvalue weighted by Gasteiger charge is -2.17. The number of anilines is 2. The molecule has 0 unspecified atom stereocenters. The van der Waals surface area contributed by atoms with Crippen LogP contribution < -0.4 is 19.5 Å². The van der Waals surface area contributed by atoms with Crippen LogP contribution in [0.25, 0.3) is 0 Å². The lowest BCUT2D eigenvalue weighted by Crippen LogP contribution is -2.27. The first-order valence-electron chi connectivity index (χ1n) is 8.82. The Morgan fingerprint density at radius 2 is 1.78 bits per heavy atom. The average molecular weight is 373 g/mol. The normalized spacial score (nSPS) is 10.3. The van der Waals surface area contributed by atoms with Gasteiger partial charge in [-0.15, -0.1) is 0 Å². The molecule has 2 rings (SSSR count). The maximum absolute atomic E-state index is 12.4. The number of nitrogens with zero attached hydrogens (tertiary/aromatic N) is 2. The number of pyridine rings is 1. The van der Waals surface area contributed by atoms with Gasteiger partial charge in [-0.3, -0.25) is 4.79 Å². The molecule has 0 saturated heterocycles. The van der Waals surface area contributed by atoms with Crippen LogP contribution in [-0.2, 0) is 0 Å². The summed E-state index contributed by atoms with van der Waals surface area (Å²) in [7, 11) is 6.49. The van der Waals surface area contributed by atoms with E-state index in [1.54, 1.807) is 63.7 Å². The van der Waals surface area contributed by atoms with Gasteiger partial charge in [-0.1, -0.05) is 13.3 Å². The van der Waals surface area contributed by atoms with Gasteiger partial charge in [-0.25, -0.2) is 4.98 Å². The Hall–Kier alpha value is -2.96. The molecule has 27 heavy (non-hydrogen) atoms. The third kappa shape index (κ3) is 5.03. The summed E-state index contributed by atoms with van der Waals surface area (Å²) >= 11 is 0. The molecule has 1 amide bonds. The number of ether oxygens (including phenoxy) is 3. The Morgan fingerprint density at radius 1 is 1.11 bits per heavy atom. The molecule has 0 bridgehead atoms. The summed E-state index contributed by atoms with van der Waals surface area (Å²) in [5.74, 6) is 2.19. The lowest BCUT2D eigenvalue weighted by atomic mass is 10.2. The smallest absolute Gasteiger partial charge is 0.255 e. The standard InChI is InChI=1S/C20H27N3O4/c1-6-7-10-23(2)20(24)14-8-9-18(21-13-14)22-15-11-16(25-3)19(27-5)17(12-15)26-4/h8-9,11-13H,6-7,10H2,1-5H3,(H,21,22). The van der Waals surface area contributed by atoms with Crippen molar-refractivity contribution in [1.82, 2.24) is 9.88 Å². The summed E-state index contributed by atoms with van der Waals surface area (Å²) in [6.07, 6.45) is 3.61. The highest BCUT2D eigenvalue weighted by atomic mass is 16.5. The molecule has 0 aliphatic heterocycles. The summed E-state index contributed by atoms with van der Waals surface area (Å²) in [6.45, 7) is 2.84. The first kappa shape index (κ1) is 20.4. The molecule has 1 heterocycles. The minimum Gasteiger partial charge on any atom is -0.493 e. The van der Waals surface area contributed by atoms with Gasteiger partial charge in [0.1, 0.15) is 5.82 Å². The third-order valence-corrected chi connectivity index (χ3v) is 4.14. The van der Waals surface area contributed by atoms with Crippen LogP contribution in [0.5, 0.6) is 17.2 Å². The van der Waals surface area contributed by atoms with Crippen LogP contribution in [0.15, 0.2) is 30.5 Å². The molecule has 146 valence electrons. The number of benzene rings is 1. The Kier molecular flexibility index (Phi) is 7.28. The second-order valence-corrected chi connectivity index (χ2v) is 6.05. The minimum atomic E-state index is -0.0321. The molecule has 0 aliphatic carbocycles. The lowest BCUT2D eigenvalue weighted by molar-refractivity contribution is 0.0793. The summed E-state index contributed by atoms with van der Waals surface area (Å²) in [6, 6.07) is 7.11. The van der Waals surface area contributed by atoms with Crippen LogP contribution in [0.2, 0.25) is 0 Å². The number of nitrogens with one attached hydrogen (secondary N) is 1. The molecule has 7 nitrogen and oxygen atoms in total. The largest absolute Gasteiger partial charge is 0.493 e. The van der Waals surface area contributed by atoms with E-state index in [0.717, 1.165) is 25.1 Å². The molecular formula is C20H27N3O4. The fourth-order valence-electron chi connectivity index (χ4n) is 2.61. The number of carbonyl (C=O) groups is 1. The van der Waals surface area contributed by atoms with Crippen molar-refractivity contribution in [1.29, 1.82) is 0 Å². The minimum absolute atomic E-state index is 0.0321. The van der Waals surface area contributed by atoms with E-state index >= 15 is 0 Å². The van der Waals surface area contributed by atoms with E-state index in [2.05, 4.69) is 17.2 Å². The van der Waals surface area contributed by atoms with Crippen LogP contribution >= 0.6 is 0 Å². The molecule has 2 aromatic rings. The Morgan fingerprint density at radius 3 is 2.26 bits per heavy atom. The number of amides is 1. The fraction of sp³-hybridized carbons (Fsp3) is 0.400. The monoisotopic (exact) mass is 373 g/mol. The summed E-state index contributed by atoms with van der Waals surface area (Å²) in [5.41, 5.74) is 1.29. The van der Waals surface area contributed by atoms with Crippen LogP contribution in [0.1, 0.15) is 30.1 Å². The van der Waals surface area contributed by atoms with Crippen LogP contribution in [0.3, 0.4) is 0 Å². The highest BCUT2D eigenvalue weighted by Crippen LogP contribution is 2.40. The van der Waals surface area contributed by atoms with Crippen molar-refractivity contribution in [2.75, 3.05) is 40.2 Å². The van der Waals surface area contributed by atoms with Gasteiger partial charge < -0.3 is 24.4 Å². The van der Waals surface area contributed by atoms with Crippen molar-refractivity contribution in [3.8, 4) is 17.2 Å². The van der Waals surface area contributed by atoms with Gasteiger partial charge in [-0.2, -0.15) is 0 Å². The second kappa shape index (κ2) is 9.66. The van der Waals surface area contributed by atoms with Crippen molar-refractivity contribution in [3.05, 3.63) is 36.0 Å². The number of hydrogen-bond acceptors (Lipinski definition) is 6. The van der Waals surface area contributed by atoms with E-state index in [-0.39, 0.29) is 5.91 Å². The van der Waals surface area contributed by atoms with Gasteiger partial charge in [0.25, 0.3) is 5.91 Å². The van der Waals surface area contributed by atoms with Gasteiger partial charge in [-0.05, 0) is 18.6 Å². The van der Waals surface area contributed by atoms with Crippen molar-refractivity contribution < 1.29 is 19.0 Å². The Labute approximate surface area is 160 Å². The predicted molar refractivity (Wildman–Crippen MR) is 105 cm³/mol. The van der Waals surface area contributed by atoms with E-state index < -0.39 is 0 Å². The van der Waals surface area contributed by atoms with E-state index in [9.17, 15) is 4.79 Å². The number of unbranched alkanes of at least 4 members (excludes halogenated alkanes) is 1. The molecule has 7 heteroatoms. The Bertz CT molecular complexity index is 737. The number of methoxy groups -OCH3 is 3. The first-order chi connectivity index (χ1) is 13.0. The topological polar surface area (TPSA) is 72.9 Å². The molecule has 0 radical (unpaired) electrons. The summed E-state index contributed by atoms with van der Waals surface area (Å²) in [4.78, 5) is 18.4. The molecule has 1 N–H and O–H groups in total. The van der Waals surface area contributed by atoms with Crippen LogP contribution in [-0.4, -0.2) is 50.7 Å². The van der Waals surface area contributed by atoms with E-state index in [4.69, 9.17) is 14.2 Å². The average Bonchev–Trinajstić information content (AvgIpc) is 2.71. The first-order valence-corrected chi connectivity index (χ1v) is 8.82. The summed E-state index contributed by atoms with van der Waals surface area (Å²) < 4.78 is 16.0. The van der Waals surface area contributed by atoms with Gasteiger partial charge in [0, 0.05) is 37.6 Å². The maximum atomic E-state index is 12.4. The second-order valence-electron chi connectivity index (χ2n) is 6.05. The van der Waals surface area contributed by atoms with Crippen LogP contribution in [0.4, 0.5) is 11.5 Å². The van der Waals surface area contributed by atoms with Crippen LogP contribution in [0, 0.1) is 0 Å². The van der Waals surface area contributed by atoms with Crippen molar-refractivity contribution in [2.24, 2.45) is 0 Å². The zero-order valence-electron chi connectivity index (χ0n) is 16.5.